The molecule has 1 N–H and O–H groups in total. The molecule has 0 radical (unpaired) electrons. The number of hydrogen-bond donors (Lipinski definition) is 1. The minimum absolute atomic E-state index is 0.112. The highest BCUT2D eigenvalue weighted by Gasteiger charge is 2.45. The number of carbonyl (C=O) groups excluding carboxylic acids is 1. The van der Waals surface area contributed by atoms with Crippen LogP contribution in [0.4, 0.5) is 4.79 Å². The Hall–Kier alpha value is -1.63. The number of carboxylic acids is 1. The summed E-state index contributed by atoms with van der Waals surface area (Å²) in [5.74, 6) is -0.804. The molecule has 0 aromatic carbocycles. The maximum absolute atomic E-state index is 12.5. The number of carbonyl (C=O) groups is 2. The van der Waals surface area contributed by atoms with Gasteiger partial charge in [0.05, 0.1) is 23.2 Å². The van der Waals surface area contributed by atoms with Crippen LogP contribution in [0.25, 0.3) is 0 Å². The number of aliphatic carboxylic acids is 1. The van der Waals surface area contributed by atoms with Crippen LogP contribution in [0.2, 0.25) is 0 Å². The van der Waals surface area contributed by atoms with Crippen molar-refractivity contribution in [2.75, 3.05) is 20.1 Å². The van der Waals surface area contributed by atoms with Crippen molar-refractivity contribution in [1.29, 1.82) is 0 Å². The first-order valence-corrected chi connectivity index (χ1v) is 7.90. The van der Waals surface area contributed by atoms with Crippen molar-refractivity contribution in [2.24, 2.45) is 5.41 Å². The summed E-state index contributed by atoms with van der Waals surface area (Å²) in [5, 5.41) is 9.39. The molecule has 1 unspecified atom stereocenters. The molecule has 2 amide bonds. The Balaban J connectivity index is 2.01. The van der Waals surface area contributed by atoms with Crippen molar-refractivity contribution in [1.82, 2.24) is 14.8 Å². The van der Waals surface area contributed by atoms with Crippen LogP contribution in [0.15, 0.2) is 5.51 Å². The number of aryl methyl sites for hydroxylation is 1. The number of rotatable bonds is 4. The highest BCUT2D eigenvalue weighted by Crippen LogP contribution is 2.34. The fourth-order valence-corrected chi connectivity index (χ4v) is 3.48. The highest BCUT2D eigenvalue weighted by molar-refractivity contribution is 7.09. The molecule has 0 aliphatic carbocycles. The molecule has 0 spiro atoms. The van der Waals surface area contributed by atoms with Gasteiger partial charge in [0.1, 0.15) is 0 Å². The van der Waals surface area contributed by atoms with Crippen LogP contribution in [0.5, 0.6) is 0 Å². The smallest absolute Gasteiger partial charge is 0.320 e. The number of aromatic nitrogens is 1. The topological polar surface area (TPSA) is 73.7 Å². The van der Waals surface area contributed by atoms with Crippen LogP contribution in [0.1, 0.15) is 30.3 Å². The van der Waals surface area contributed by atoms with Gasteiger partial charge < -0.3 is 14.9 Å². The molecule has 1 atom stereocenters. The fraction of sp³-hybridized carbons (Fsp3) is 0.643. The van der Waals surface area contributed by atoms with Crippen molar-refractivity contribution in [2.45, 2.75) is 33.2 Å². The van der Waals surface area contributed by atoms with Gasteiger partial charge in [-0.1, -0.05) is 6.92 Å². The molecule has 0 saturated carbocycles. The summed E-state index contributed by atoms with van der Waals surface area (Å²) in [4.78, 5) is 32.4. The zero-order valence-electron chi connectivity index (χ0n) is 12.6. The Morgan fingerprint density at radius 3 is 2.76 bits per heavy atom. The second kappa shape index (κ2) is 6.01. The van der Waals surface area contributed by atoms with E-state index in [4.69, 9.17) is 0 Å². The standard InChI is InChI=1S/C14H21N3O3S/c1-4-14(12(18)19)5-6-17(8-14)13(20)16(3)7-11-10(2)15-9-21-11/h9H,4-8H2,1-3H3,(H,18,19). The van der Waals surface area contributed by atoms with Gasteiger partial charge in [-0.3, -0.25) is 4.79 Å². The van der Waals surface area contributed by atoms with Gasteiger partial charge in [-0.15, -0.1) is 11.3 Å². The molecule has 21 heavy (non-hydrogen) atoms. The zero-order chi connectivity index (χ0) is 15.6. The van der Waals surface area contributed by atoms with E-state index >= 15 is 0 Å². The number of urea groups is 1. The van der Waals surface area contributed by atoms with Gasteiger partial charge in [-0.25, -0.2) is 9.78 Å². The average molecular weight is 311 g/mol. The second-order valence-corrected chi connectivity index (χ2v) is 6.55. The molecule has 1 saturated heterocycles. The summed E-state index contributed by atoms with van der Waals surface area (Å²) in [5.41, 5.74) is 1.93. The largest absolute Gasteiger partial charge is 0.481 e. The third kappa shape index (κ3) is 3.02. The molecule has 0 bridgehead atoms. The van der Waals surface area contributed by atoms with Crippen LogP contribution in [0, 0.1) is 12.3 Å². The number of carboxylic acid groups (broad SMARTS) is 1. The first-order valence-electron chi connectivity index (χ1n) is 7.02. The number of amides is 2. The molecule has 2 rings (SSSR count). The van der Waals surface area contributed by atoms with Gasteiger partial charge in [0.15, 0.2) is 0 Å². The molecule has 1 aromatic heterocycles. The van der Waals surface area contributed by atoms with Gasteiger partial charge in [-0.05, 0) is 19.8 Å². The average Bonchev–Trinajstić information content (AvgIpc) is 3.06. The molecule has 2 heterocycles. The highest BCUT2D eigenvalue weighted by atomic mass is 32.1. The van der Waals surface area contributed by atoms with Crippen LogP contribution in [-0.2, 0) is 11.3 Å². The monoisotopic (exact) mass is 311 g/mol. The molecular formula is C14H21N3O3S. The van der Waals surface area contributed by atoms with Crippen LogP contribution in [0.3, 0.4) is 0 Å². The maximum atomic E-state index is 12.5. The van der Waals surface area contributed by atoms with E-state index in [1.165, 1.54) is 11.3 Å². The number of thiazole rings is 1. The Morgan fingerprint density at radius 2 is 2.29 bits per heavy atom. The number of nitrogens with zero attached hydrogens (tertiary/aromatic N) is 3. The predicted octanol–water partition coefficient (Wildman–Crippen LogP) is 2.19. The number of hydrogen-bond acceptors (Lipinski definition) is 4. The van der Waals surface area contributed by atoms with Crippen molar-refractivity contribution < 1.29 is 14.7 Å². The molecule has 1 aromatic rings. The van der Waals surface area contributed by atoms with Crippen LogP contribution < -0.4 is 0 Å². The minimum Gasteiger partial charge on any atom is -0.481 e. The quantitative estimate of drug-likeness (QED) is 0.925. The molecule has 1 fully saturated rings. The van der Waals surface area contributed by atoms with E-state index < -0.39 is 11.4 Å². The van der Waals surface area contributed by atoms with E-state index in [1.807, 2.05) is 13.8 Å². The summed E-state index contributed by atoms with van der Waals surface area (Å²) in [6.45, 7) is 5.10. The van der Waals surface area contributed by atoms with Gasteiger partial charge in [0, 0.05) is 25.0 Å². The summed E-state index contributed by atoms with van der Waals surface area (Å²) < 4.78 is 0. The van der Waals surface area contributed by atoms with Gasteiger partial charge in [0.25, 0.3) is 0 Å². The zero-order valence-corrected chi connectivity index (χ0v) is 13.4. The Bertz CT molecular complexity index is 545. The molecule has 1 aliphatic rings. The van der Waals surface area contributed by atoms with Crippen LogP contribution in [-0.4, -0.2) is 52.0 Å². The molecule has 116 valence electrons. The summed E-state index contributed by atoms with van der Waals surface area (Å²) >= 11 is 1.53. The van der Waals surface area contributed by atoms with E-state index in [2.05, 4.69) is 4.98 Å². The molecule has 6 nitrogen and oxygen atoms in total. The molecule has 1 aliphatic heterocycles. The van der Waals surface area contributed by atoms with E-state index in [1.54, 1.807) is 22.4 Å². The lowest BCUT2D eigenvalue weighted by atomic mass is 9.84. The van der Waals surface area contributed by atoms with Crippen molar-refractivity contribution in [3.8, 4) is 0 Å². The SMILES string of the molecule is CCC1(C(=O)O)CCN(C(=O)N(C)Cc2scnc2C)C1. The lowest BCUT2D eigenvalue weighted by Crippen LogP contribution is -2.42. The Labute approximate surface area is 128 Å². The lowest BCUT2D eigenvalue weighted by Gasteiger charge is -2.26. The predicted molar refractivity (Wildman–Crippen MR) is 80.3 cm³/mol. The summed E-state index contributed by atoms with van der Waals surface area (Å²) in [6, 6.07) is -0.112. The van der Waals surface area contributed by atoms with E-state index in [0.717, 1.165) is 10.6 Å². The Morgan fingerprint density at radius 1 is 1.57 bits per heavy atom. The van der Waals surface area contributed by atoms with E-state index in [0.29, 0.717) is 32.5 Å². The molecule has 7 heteroatoms. The third-order valence-corrected chi connectivity index (χ3v) is 5.23. The minimum atomic E-state index is -0.804. The maximum Gasteiger partial charge on any atom is 0.320 e. The van der Waals surface area contributed by atoms with E-state index in [-0.39, 0.29) is 6.03 Å². The van der Waals surface area contributed by atoms with E-state index in [9.17, 15) is 14.7 Å². The summed E-state index contributed by atoms with van der Waals surface area (Å²) in [7, 11) is 1.74. The van der Waals surface area contributed by atoms with Crippen LogP contribution >= 0.6 is 11.3 Å². The van der Waals surface area contributed by atoms with Crippen molar-refractivity contribution in [3.05, 3.63) is 16.1 Å². The van der Waals surface area contributed by atoms with Gasteiger partial charge in [0.2, 0.25) is 0 Å². The first-order chi connectivity index (χ1) is 9.89. The second-order valence-electron chi connectivity index (χ2n) is 5.61. The lowest BCUT2D eigenvalue weighted by molar-refractivity contribution is -0.148. The Kier molecular flexibility index (Phi) is 4.51. The van der Waals surface area contributed by atoms with Crippen molar-refractivity contribution >= 4 is 23.3 Å². The normalized spacial score (nSPS) is 21.6. The third-order valence-electron chi connectivity index (χ3n) is 4.31. The molecular weight excluding hydrogens is 290 g/mol. The summed E-state index contributed by atoms with van der Waals surface area (Å²) in [6.07, 6.45) is 1.07. The fourth-order valence-electron chi connectivity index (χ4n) is 2.65. The van der Waals surface area contributed by atoms with Gasteiger partial charge in [-0.2, -0.15) is 0 Å². The van der Waals surface area contributed by atoms with Crippen molar-refractivity contribution in [3.63, 3.8) is 0 Å². The number of likely N-dealkylation sites (tertiary alicyclic amines) is 1. The van der Waals surface area contributed by atoms with Gasteiger partial charge >= 0.3 is 12.0 Å². The first kappa shape index (κ1) is 15.8.